The zero-order valence-electron chi connectivity index (χ0n) is 14.0. The lowest BCUT2D eigenvalue weighted by molar-refractivity contribution is -0.158. The summed E-state index contributed by atoms with van der Waals surface area (Å²) in [6.07, 6.45) is 0.683. The maximum absolute atomic E-state index is 12.1. The minimum atomic E-state index is -0.760. The number of esters is 1. The van der Waals surface area contributed by atoms with E-state index < -0.39 is 29.7 Å². The number of hydrogen-bond donors (Lipinski definition) is 2. The van der Waals surface area contributed by atoms with E-state index in [1.807, 2.05) is 27.7 Å². The van der Waals surface area contributed by atoms with Crippen molar-refractivity contribution in [2.24, 2.45) is 11.8 Å². The number of ether oxygens (including phenoxy) is 1. The SMILES string of the molecule is CC(C)[C@H](NC(=O)N[C@H](C=O)C(C)C)C(=O)OC(C)(C)C. The summed E-state index contributed by atoms with van der Waals surface area (Å²) >= 11 is 0. The van der Waals surface area contributed by atoms with E-state index >= 15 is 0 Å². The van der Waals surface area contributed by atoms with Crippen LogP contribution >= 0.6 is 0 Å². The number of carbonyl (C=O) groups is 3. The Kier molecular flexibility index (Phi) is 7.39. The maximum Gasteiger partial charge on any atom is 0.329 e. The molecule has 122 valence electrons. The third kappa shape index (κ3) is 7.68. The van der Waals surface area contributed by atoms with E-state index in [0.29, 0.717) is 6.29 Å². The fourth-order valence-electron chi connectivity index (χ4n) is 1.56. The first-order chi connectivity index (χ1) is 9.47. The molecule has 0 saturated heterocycles. The van der Waals surface area contributed by atoms with Gasteiger partial charge in [0.15, 0.2) is 0 Å². The van der Waals surface area contributed by atoms with Crippen LogP contribution in [0, 0.1) is 11.8 Å². The van der Waals surface area contributed by atoms with Crippen molar-refractivity contribution in [3.63, 3.8) is 0 Å². The molecule has 0 fully saturated rings. The highest BCUT2D eigenvalue weighted by atomic mass is 16.6. The van der Waals surface area contributed by atoms with Gasteiger partial charge in [-0.25, -0.2) is 9.59 Å². The topological polar surface area (TPSA) is 84.5 Å². The fraction of sp³-hybridized carbons (Fsp3) is 0.800. The molecule has 0 aliphatic heterocycles. The Morgan fingerprint density at radius 1 is 1.00 bits per heavy atom. The lowest BCUT2D eigenvalue weighted by atomic mass is 10.0. The molecule has 6 heteroatoms. The first-order valence-electron chi connectivity index (χ1n) is 7.23. The monoisotopic (exact) mass is 300 g/mol. The molecule has 0 radical (unpaired) electrons. The Bertz CT molecular complexity index is 372. The summed E-state index contributed by atoms with van der Waals surface area (Å²) < 4.78 is 5.29. The van der Waals surface area contributed by atoms with Crippen molar-refractivity contribution in [2.75, 3.05) is 0 Å². The van der Waals surface area contributed by atoms with Gasteiger partial charge in [-0.15, -0.1) is 0 Å². The molecule has 21 heavy (non-hydrogen) atoms. The average Bonchev–Trinajstić information content (AvgIpc) is 2.29. The number of aldehydes is 1. The Balaban J connectivity index is 4.75. The van der Waals surface area contributed by atoms with Gasteiger partial charge in [-0.3, -0.25) is 0 Å². The summed E-state index contributed by atoms with van der Waals surface area (Å²) in [4.78, 5) is 34.9. The van der Waals surface area contributed by atoms with Crippen molar-refractivity contribution < 1.29 is 19.1 Å². The highest BCUT2D eigenvalue weighted by Crippen LogP contribution is 2.12. The third-order valence-corrected chi connectivity index (χ3v) is 2.78. The molecule has 0 aromatic carbocycles. The molecule has 2 atom stereocenters. The molecule has 0 spiro atoms. The van der Waals surface area contributed by atoms with E-state index in [1.54, 1.807) is 20.8 Å². The number of urea groups is 1. The quantitative estimate of drug-likeness (QED) is 0.579. The highest BCUT2D eigenvalue weighted by molar-refractivity contribution is 5.85. The second kappa shape index (κ2) is 8.00. The molecule has 0 aliphatic carbocycles. The maximum atomic E-state index is 12.1. The van der Waals surface area contributed by atoms with E-state index in [4.69, 9.17) is 4.74 Å². The first-order valence-corrected chi connectivity index (χ1v) is 7.23. The number of rotatable bonds is 6. The van der Waals surface area contributed by atoms with Gasteiger partial charge in [0.05, 0.1) is 6.04 Å². The number of carbonyl (C=O) groups excluding carboxylic acids is 3. The molecular formula is C15H28N2O4. The van der Waals surface area contributed by atoms with Gasteiger partial charge in [-0.05, 0) is 32.6 Å². The number of hydrogen-bond acceptors (Lipinski definition) is 4. The zero-order chi connectivity index (χ0) is 16.8. The van der Waals surface area contributed by atoms with Crippen LogP contribution in [0.4, 0.5) is 4.79 Å². The lowest BCUT2D eigenvalue weighted by Gasteiger charge is -2.27. The summed E-state index contributed by atoms with van der Waals surface area (Å²) in [6, 6.07) is -1.90. The van der Waals surface area contributed by atoms with Crippen LogP contribution in [0.2, 0.25) is 0 Å². The second-order valence-electron chi connectivity index (χ2n) is 6.78. The molecule has 0 heterocycles. The van der Waals surface area contributed by atoms with Crippen LogP contribution in [0.25, 0.3) is 0 Å². The zero-order valence-corrected chi connectivity index (χ0v) is 14.0. The van der Waals surface area contributed by atoms with Crippen LogP contribution < -0.4 is 10.6 Å². The second-order valence-corrected chi connectivity index (χ2v) is 6.78. The minimum absolute atomic E-state index is 0.0210. The van der Waals surface area contributed by atoms with E-state index in [0.717, 1.165) is 0 Å². The van der Waals surface area contributed by atoms with Gasteiger partial charge in [0.1, 0.15) is 17.9 Å². The fourth-order valence-corrected chi connectivity index (χ4v) is 1.56. The van der Waals surface area contributed by atoms with Crippen molar-refractivity contribution in [3.05, 3.63) is 0 Å². The Hall–Kier alpha value is -1.59. The molecular weight excluding hydrogens is 272 g/mol. The minimum Gasteiger partial charge on any atom is -0.458 e. The predicted molar refractivity (Wildman–Crippen MR) is 80.8 cm³/mol. The summed E-state index contributed by atoms with van der Waals surface area (Å²) in [5, 5.41) is 5.12. The van der Waals surface area contributed by atoms with Crippen molar-refractivity contribution in [3.8, 4) is 0 Å². The van der Waals surface area contributed by atoms with Crippen LogP contribution in [0.5, 0.6) is 0 Å². The van der Waals surface area contributed by atoms with Crippen LogP contribution in [0.1, 0.15) is 48.5 Å². The molecule has 0 aromatic heterocycles. The van der Waals surface area contributed by atoms with Crippen LogP contribution in [-0.4, -0.2) is 36.0 Å². The Morgan fingerprint density at radius 2 is 1.52 bits per heavy atom. The molecule has 0 saturated carbocycles. The average molecular weight is 300 g/mol. The summed E-state index contributed by atoms with van der Waals surface area (Å²) in [6.45, 7) is 12.6. The largest absolute Gasteiger partial charge is 0.458 e. The van der Waals surface area contributed by atoms with Crippen molar-refractivity contribution in [2.45, 2.75) is 66.2 Å². The van der Waals surface area contributed by atoms with Gasteiger partial charge >= 0.3 is 12.0 Å². The van der Waals surface area contributed by atoms with Crippen molar-refractivity contribution in [1.82, 2.24) is 10.6 Å². The molecule has 0 aromatic rings. The van der Waals surface area contributed by atoms with Crippen LogP contribution in [0.15, 0.2) is 0 Å². The van der Waals surface area contributed by atoms with Gasteiger partial charge in [-0.2, -0.15) is 0 Å². The Morgan fingerprint density at radius 3 is 1.86 bits per heavy atom. The van der Waals surface area contributed by atoms with Gasteiger partial charge in [0.25, 0.3) is 0 Å². The molecule has 2 amide bonds. The van der Waals surface area contributed by atoms with Gasteiger partial charge in [0.2, 0.25) is 0 Å². The molecule has 0 unspecified atom stereocenters. The Labute approximate surface area is 127 Å². The standard InChI is InChI=1S/C15H28N2O4/c1-9(2)11(8-18)16-14(20)17-12(10(3)4)13(19)21-15(5,6)7/h8-12H,1-7H3,(H2,16,17,20)/t11-,12+/m1/s1. The van der Waals surface area contributed by atoms with E-state index in [-0.39, 0.29) is 11.8 Å². The van der Waals surface area contributed by atoms with Gasteiger partial charge in [0, 0.05) is 0 Å². The van der Waals surface area contributed by atoms with Gasteiger partial charge in [-0.1, -0.05) is 27.7 Å². The molecule has 0 rings (SSSR count). The first kappa shape index (κ1) is 19.4. The summed E-state index contributed by atoms with van der Waals surface area (Å²) in [5.74, 6) is -0.633. The van der Waals surface area contributed by atoms with Crippen LogP contribution in [0.3, 0.4) is 0 Å². The predicted octanol–water partition coefficient (Wildman–Crippen LogP) is 1.88. The third-order valence-electron chi connectivity index (χ3n) is 2.78. The lowest BCUT2D eigenvalue weighted by Crippen LogP contribution is -2.53. The van der Waals surface area contributed by atoms with Crippen molar-refractivity contribution >= 4 is 18.3 Å². The van der Waals surface area contributed by atoms with Crippen molar-refractivity contribution in [1.29, 1.82) is 0 Å². The molecule has 0 bridgehead atoms. The molecule has 0 aliphatic rings. The van der Waals surface area contributed by atoms with E-state index in [1.165, 1.54) is 0 Å². The normalized spacial score (nSPS) is 14.5. The summed E-state index contributed by atoms with van der Waals surface area (Å²) in [7, 11) is 0. The van der Waals surface area contributed by atoms with Gasteiger partial charge < -0.3 is 20.2 Å². The number of nitrogens with one attached hydrogen (secondary N) is 2. The molecule has 6 nitrogen and oxygen atoms in total. The summed E-state index contributed by atoms with van der Waals surface area (Å²) in [5.41, 5.74) is -0.619. The number of amides is 2. The highest BCUT2D eigenvalue weighted by Gasteiger charge is 2.29. The molecule has 2 N–H and O–H groups in total. The van der Waals surface area contributed by atoms with Crippen LogP contribution in [-0.2, 0) is 14.3 Å². The van der Waals surface area contributed by atoms with E-state index in [2.05, 4.69) is 10.6 Å². The smallest absolute Gasteiger partial charge is 0.329 e. The van der Waals surface area contributed by atoms with E-state index in [9.17, 15) is 14.4 Å².